The number of sulfonamides is 1. The van der Waals surface area contributed by atoms with E-state index < -0.39 is 21.7 Å². The molecule has 25 heavy (non-hydrogen) atoms. The number of hydrogen-bond donors (Lipinski definition) is 0. The average Bonchev–Trinajstić information content (AvgIpc) is 2.62. The first kappa shape index (κ1) is 17.8. The first-order valence-electron chi connectivity index (χ1n) is 7.54. The third-order valence-corrected chi connectivity index (χ3v) is 6.08. The second-order valence-electron chi connectivity index (χ2n) is 5.51. The van der Waals surface area contributed by atoms with Gasteiger partial charge in [-0.2, -0.15) is 4.31 Å². The van der Waals surface area contributed by atoms with Crippen molar-refractivity contribution in [1.82, 2.24) is 14.2 Å². The molecule has 0 aliphatic carbocycles. The Morgan fingerprint density at radius 2 is 1.88 bits per heavy atom. The molecule has 0 N–H and O–H groups in total. The van der Waals surface area contributed by atoms with Gasteiger partial charge in [0.2, 0.25) is 10.0 Å². The minimum Gasteiger partial charge on any atom is -0.336 e. The highest BCUT2D eigenvalue weighted by molar-refractivity contribution is 7.89. The SMILES string of the molecule is O=C(c1ccc(Cl)cc1F)N1CCN(S(=O)(=O)c2cccnc2)CC1. The lowest BCUT2D eigenvalue weighted by molar-refractivity contribution is 0.0693. The van der Waals surface area contributed by atoms with Gasteiger partial charge >= 0.3 is 0 Å². The molecule has 0 radical (unpaired) electrons. The van der Waals surface area contributed by atoms with E-state index in [0.717, 1.165) is 6.07 Å². The van der Waals surface area contributed by atoms with E-state index in [0.29, 0.717) is 0 Å². The zero-order valence-corrected chi connectivity index (χ0v) is 14.7. The smallest absolute Gasteiger partial charge is 0.256 e. The normalized spacial score (nSPS) is 16.0. The van der Waals surface area contributed by atoms with Gasteiger partial charge in [-0.15, -0.1) is 0 Å². The van der Waals surface area contributed by atoms with Crippen molar-refractivity contribution in [2.24, 2.45) is 0 Å². The maximum atomic E-state index is 13.9. The van der Waals surface area contributed by atoms with Crippen molar-refractivity contribution in [1.29, 1.82) is 0 Å². The lowest BCUT2D eigenvalue weighted by Gasteiger charge is -2.34. The summed E-state index contributed by atoms with van der Waals surface area (Å²) in [5.74, 6) is -1.17. The molecule has 6 nitrogen and oxygen atoms in total. The van der Waals surface area contributed by atoms with Crippen molar-refractivity contribution in [2.75, 3.05) is 26.2 Å². The number of carbonyl (C=O) groups is 1. The molecule has 1 aliphatic heterocycles. The van der Waals surface area contributed by atoms with E-state index in [9.17, 15) is 17.6 Å². The summed E-state index contributed by atoms with van der Waals surface area (Å²) in [5.41, 5.74) is -0.0760. The zero-order valence-electron chi connectivity index (χ0n) is 13.1. The molecule has 1 aliphatic rings. The van der Waals surface area contributed by atoms with Crippen LogP contribution in [-0.4, -0.2) is 54.7 Å². The summed E-state index contributed by atoms with van der Waals surface area (Å²) in [5, 5.41) is 0.210. The Morgan fingerprint density at radius 1 is 1.16 bits per heavy atom. The standard InChI is InChI=1S/C16H15ClFN3O3S/c17-12-3-4-14(15(18)10-12)16(22)20-6-8-21(9-7-20)25(23,24)13-2-1-5-19-11-13/h1-5,10-11H,6-9H2. The van der Waals surface area contributed by atoms with E-state index in [1.807, 2.05) is 0 Å². The molecule has 0 saturated carbocycles. The van der Waals surface area contributed by atoms with Gasteiger partial charge in [0.15, 0.2) is 0 Å². The summed E-state index contributed by atoms with van der Waals surface area (Å²) < 4.78 is 40.3. The number of piperazine rings is 1. The fraction of sp³-hybridized carbons (Fsp3) is 0.250. The van der Waals surface area contributed by atoms with Crippen LogP contribution >= 0.6 is 11.6 Å². The molecule has 9 heteroatoms. The van der Waals surface area contributed by atoms with Crippen LogP contribution in [0.2, 0.25) is 5.02 Å². The molecule has 132 valence electrons. The van der Waals surface area contributed by atoms with Gasteiger partial charge in [-0.3, -0.25) is 9.78 Å². The molecule has 1 saturated heterocycles. The van der Waals surface area contributed by atoms with Crippen molar-refractivity contribution in [3.63, 3.8) is 0 Å². The summed E-state index contributed by atoms with van der Waals surface area (Å²) >= 11 is 5.69. The van der Waals surface area contributed by atoms with Crippen LogP contribution in [0.1, 0.15) is 10.4 Å². The molecule has 2 heterocycles. The third kappa shape index (κ3) is 3.65. The molecule has 0 spiro atoms. The molecule has 3 rings (SSSR count). The van der Waals surface area contributed by atoms with E-state index in [1.54, 1.807) is 6.07 Å². The number of pyridine rings is 1. The quantitative estimate of drug-likeness (QED) is 0.813. The molecule has 1 aromatic carbocycles. The maximum absolute atomic E-state index is 13.9. The topological polar surface area (TPSA) is 70.6 Å². The van der Waals surface area contributed by atoms with Crippen LogP contribution in [0.5, 0.6) is 0 Å². The number of carbonyl (C=O) groups excluding carboxylic acids is 1. The van der Waals surface area contributed by atoms with Crippen LogP contribution < -0.4 is 0 Å². The van der Waals surface area contributed by atoms with E-state index in [1.165, 1.54) is 39.8 Å². The number of halogens is 2. The second kappa shape index (κ2) is 7.07. The fourth-order valence-electron chi connectivity index (χ4n) is 2.61. The molecule has 0 atom stereocenters. The predicted octanol–water partition coefficient (Wildman–Crippen LogP) is 2.02. The minimum atomic E-state index is -3.65. The third-order valence-electron chi connectivity index (χ3n) is 3.96. The Bertz CT molecular complexity index is 885. The van der Waals surface area contributed by atoms with Crippen LogP contribution in [0.25, 0.3) is 0 Å². The Morgan fingerprint density at radius 3 is 2.48 bits per heavy atom. The van der Waals surface area contributed by atoms with E-state index in [4.69, 9.17) is 11.6 Å². The zero-order chi connectivity index (χ0) is 18.0. The van der Waals surface area contributed by atoms with Crippen LogP contribution in [-0.2, 0) is 10.0 Å². The Kier molecular flexibility index (Phi) is 5.03. The first-order valence-corrected chi connectivity index (χ1v) is 9.36. The number of aromatic nitrogens is 1. The highest BCUT2D eigenvalue weighted by Gasteiger charge is 2.31. The first-order chi connectivity index (χ1) is 11.9. The summed E-state index contributed by atoms with van der Waals surface area (Å²) in [4.78, 5) is 17.8. The van der Waals surface area contributed by atoms with Gasteiger partial charge in [-0.25, -0.2) is 12.8 Å². The molecule has 0 unspecified atom stereocenters. The molecular weight excluding hydrogens is 369 g/mol. The van der Waals surface area contributed by atoms with Crippen molar-refractivity contribution in [3.8, 4) is 0 Å². The highest BCUT2D eigenvalue weighted by atomic mass is 35.5. The van der Waals surface area contributed by atoms with Crippen LogP contribution in [0, 0.1) is 5.82 Å². The fourth-order valence-corrected chi connectivity index (χ4v) is 4.16. The van der Waals surface area contributed by atoms with Gasteiger partial charge in [-0.05, 0) is 30.3 Å². The number of hydrogen-bond acceptors (Lipinski definition) is 4. The molecule has 0 bridgehead atoms. The van der Waals surface area contributed by atoms with Gasteiger partial charge < -0.3 is 4.90 Å². The van der Waals surface area contributed by atoms with Gasteiger partial charge in [0.05, 0.1) is 5.56 Å². The van der Waals surface area contributed by atoms with Crippen LogP contribution in [0.15, 0.2) is 47.6 Å². The number of nitrogens with zero attached hydrogens (tertiary/aromatic N) is 3. The molecule has 2 aromatic rings. The van der Waals surface area contributed by atoms with Gasteiger partial charge in [0, 0.05) is 43.6 Å². The van der Waals surface area contributed by atoms with E-state index >= 15 is 0 Å². The van der Waals surface area contributed by atoms with Crippen LogP contribution in [0.3, 0.4) is 0 Å². The lowest BCUT2D eigenvalue weighted by atomic mass is 10.1. The van der Waals surface area contributed by atoms with Crippen molar-refractivity contribution in [3.05, 3.63) is 59.1 Å². The summed E-state index contributed by atoms with van der Waals surface area (Å²) in [7, 11) is -3.65. The highest BCUT2D eigenvalue weighted by Crippen LogP contribution is 2.20. The van der Waals surface area contributed by atoms with Gasteiger partial charge in [0.1, 0.15) is 10.7 Å². The Hall–Kier alpha value is -2.03. The van der Waals surface area contributed by atoms with E-state index in [2.05, 4.69) is 4.98 Å². The number of amides is 1. The van der Waals surface area contributed by atoms with Gasteiger partial charge in [-0.1, -0.05) is 11.6 Å². The monoisotopic (exact) mass is 383 g/mol. The molecule has 1 aromatic heterocycles. The minimum absolute atomic E-state index is 0.0760. The van der Waals surface area contributed by atoms with Gasteiger partial charge in [0.25, 0.3) is 5.91 Å². The largest absolute Gasteiger partial charge is 0.336 e. The summed E-state index contributed by atoms with van der Waals surface area (Å²) in [6, 6.07) is 6.89. The molecule has 1 fully saturated rings. The summed E-state index contributed by atoms with van der Waals surface area (Å²) in [6.45, 7) is 0.636. The molecular formula is C16H15ClFN3O3S. The van der Waals surface area contributed by atoms with Crippen molar-refractivity contribution < 1.29 is 17.6 Å². The van der Waals surface area contributed by atoms with Crippen LogP contribution in [0.4, 0.5) is 4.39 Å². The predicted molar refractivity (Wildman–Crippen MR) is 90.3 cm³/mol. The Balaban J connectivity index is 1.70. The maximum Gasteiger partial charge on any atom is 0.256 e. The summed E-state index contributed by atoms with van der Waals surface area (Å²) in [6.07, 6.45) is 2.78. The number of benzene rings is 1. The van der Waals surface area contributed by atoms with E-state index in [-0.39, 0.29) is 41.7 Å². The lowest BCUT2D eigenvalue weighted by Crippen LogP contribution is -2.50. The molecule has 1 amide bonds. The second-order valence-corrected chi connectivity index (χ2v) is 7.88. The number of rotatable bonds is 3. The van der Waals surface area contributed by atoms with Crippen molar-refractivity contribution in [2.45, 2.75) is 4.90 Å². The van der Waals surface area contributed by atoms with Crippen molar-refractivity contribution >= 4 is 27.5 Å². The Labute approximate surface area is 149 Å². The average molecular weight is 384 g/mol.